The third kappa shape index (κ3) is 4.60. The summed E-state index contributed by atoms with van der Waals surface area (Å²) < 4.78 is 10.5. The molecule has 1 fully saturated rings. The molecule has 2 unspecified atom stereocenters. The minimum atomic E-state index is 0.134. The van der Waals surface area contributed by atoms with Gasteiger partial charge >= 0.3 is 0 Å². The molecule has 0 bridgehead atoms. The third-order valence-electron chi connectivity index (χ3n) is 4.20. The van der Waals surface area contributed by atoms with Gasteiger partial charge in [-0.2, -0.15) is 11.8 Å². The first-order chi connectivity index (χ1) is 9.21. The number of rotatable bonds is 9. The first-order valence-electron chi connectivity index (χ1n) is 7.26. The lowest BCUT2D eigenvalue weighted by Crippen LogP contribution is -2.61. The predicted octanol–water partition coefficient (Wildman–Crippen LogP) is 1.58. The molecule has 19 heavy (non-hydrogen) atoms. The minimum absolute atomic E-state index is 0.134. The Morgan fingerprint density at radius 2 is 2.00 bits per heavy atom. The lowest BCUT2D eigenvalue weighted by atomic mass is 9.87. The van der Waals surface area contributed by atoms with Crippen LogP contribution in [-0.4, -0.2) is 68.5 Å². The monoisotopic (exact) mass is 290 g/mol. The largest absolute Gasteiger partial charge is 0.385 e. The fraction of sp³-hybridized carbons (Fsp3) is 1.00. The highest BCUT2D eigenvalue weighted by molar-refractivity contribution is 8.00. The van der Waals surface area contributed by atoms with E-state index in [0.29, 0.717) is 5.25 Å². The molecule has 1 rings (SSSR count). The van der Waals surface area contributed by atoms with Gasteiger partial charge in [0.05, 0.1) is 6.61 Å². The van der Waals surface area contributed by atoms with Crippen molar-refractivity contribution < 1.29 is 9.47 Å². The molecule has 0 radical (unpaired) electrons. The van der Waals surface area contributed by atoms with Crippen molar-refractivity contribution in [2.24, 2.45) is 5.73 Å². The van der Waals surface area contributed by atoms with E-state index in [1.54, 1.807) is 14.2 Å². The van der Waals surface area contributed by atoms with Crippen molar-refractivity contribution in [3.05, 3.63) is 0 Å². The molecular formula is C14H30N2O2S. The van der Waals surface area contributed by atoms with Gasteiger partial charge in [0.15, 0.2) is 0 Å². The predicted molar refractivity (Wildman–Crippen MR) is 82.9 cm³/mol. The summed E-state index contributed by atoms with van der Waals surface area (Å²) >= 11 is 2.06. The summed E-state index contributed by atoms with van der Waals surface area (Å²) in [5, 5.41) is 0.589. The summed E-state index contributed by atoms with van der Waals surface area (Å²) in [5.74, 6) is 1.26. The summed E-state index contributed by atoms with van der Waals surface area (Å²) in [4.78, 5) is 2.55. The van der Waals surface area contributed by atoms with Crippen molar-refractivity contribution in [1.82, 2.24) is 4.90 Å². The highest BCUT2D eigenvalue weighted by Crippen LogP contribution is 2.37. The standard InChI is InChI=1S/C14H30N2O2S/c1-13-14(12-15,6-4-11-19-13)16(8-10-18-3)7-5-9-17-2/h13H,4-12,15H2,1-3H3. The van der Waals surface area contributed by atoms with Gasteiger partial charge in [0.1, 0.15) is 0 Å². The van der Waals surface area contributed by atoms with Gasteiger partial charge in [-0.05, 0) is 25.0 Å². The zero-order chi connectivity index (χ0) is 14.1. The van der Waals surface area contributed by atoms with Crippen LogP contribution < -0.4 is 5.73 Å². The molecule has 2 N–H and O–H groups in total. The number of nitrogens with zero attached hydrogens (tertiary/aromatic N) is 1. The SMILES string of the molecule is COCCCN(CCOC)C1(CN)CCCSC1C. The molecule has 0 amide bonds. The van der Waals surface area contributed by atoms with Gasteiger partial charge in [-0.25, -0.2) is 0 Å². The van der Waals surface area contributed by atoms with Crippen LogP contribution in [0.3, 0.4) is 0 Å². The molecule has 1 heterocycles. The third-order valence-corrected chi connectivity index (χ3v) is 5.67. The van der Waals surface area contributed by atoms with Crippen LogP contribution in [0.25, 0.3) is 0 Å². The number of thioether (sulfide) groups is 1. The maximum atomic E-state index is 6.18. The zero-order valence-electron chi connectivity index (χ0n) is 12.7. The van der Waals surface area contributed by atoms with Gasteiger partial charge in [-0.3, -0.25) is 4.90 Å². The Morgan fingerprint density at radius 3 is 2.58 bits per heavy atom. The molecule has 1 saturated heterocycles. The molecule has 0 aromatic rings. The Bertz CT molecular complexity index is 243. The molecule has 0 spiro atoms. The quantitative estimate of drug-likeness (QED) is 0.653. The van der Waals surface area contributed by atoms with E-state index < -0.39 is 0 Å². The van der Waals surface area contributed by atoms with Crippen LogP contribution in [0.4, 0.5) is 0 Å². The molecular weight excluding hydrogens is 260 g/mol. The first kappa shape index (κ1) is 17.2. The van der Waals surface area contributed by atoms with Crippen LogP contribution in [0.2, 0.25) is 0 Å². The lowest BCUT2D eigenvalue weighted by molar-refractivity contribution is 0.0438. The maximum Gasteiger partial charge on any atom is 0.0589 e. The number of nitrogens with two attached hydrogens (primary N) is 1. The average Bonchev–Trinajstić information content (AvgIpc) is 2.44. The average molecular weight is 290 g/mol. The van der Waals surface area contributed by atoms with Crippen LogP contribution in [0.15, 0.2) is 0 Å². The van der Waals surface area contributed by atoms with Crippen molar-refractivity contribution >= 4 is 11.8 Å². The zero-order valence-corrected chi connectivity index (χ0v) is 13.5. The first-order valence-corrected chi connectivity index (χ1v) is 8.30. The summed E-state index contributed by atoms with van der Waals surface area (Å²) in [6, 6.07) is 0. The molecule has 114 valence electrons. The second-order valence-corrected chi connectivity index (χ2v) is 6.70. The van der Waals surface area contributed by atoms with Gasteiger partial charge in [-0.15, -0.1) is 0 Å². The Morgan fingerprint density at radius 1 is 1.26 bits per heavy atom. The number of ether oxygens (including phenoxy) is 2. The van der Waals surface area contributed by atoms with Gasteiger partial charge in [0.2, 0.25) is 0 Å². The van der Waals surface area contributed by atoms with Crippen LogP contribution >= 0.6 is 11.8 Å². The summed E-state index contributed by atoms with van der Waals surface area (Å²) in [6.45, 7) is 6.64. The summed E-state index contributed by atoms with van der Waals surface area (Å²) in [7, 11) is 3.53. The molecule has 1 aliphatic rings. The van der Waals surface area contributed by atoms with E-state index in [4.69, 9.17) is 15.2 Å². The van der Waals surface area contributed by atoms with Crippen molar-refractivity contribution in [1.29, 1.82) is 0 Å². The lowest BCUT2D eigenvalue weighted by Gasteiger charge is -2.49. The van der Waals surface area contributed by atoms with E-state index in [1.807, 2.05) is 0 Å². The molecule has 0 aliphatic carbocycles. The maximum absolute atomic E-state index is 6.18. The molecule has 0 saturated carbocycles. The number of hydrogen-bond donors (Lipinski definition) is 1. The van der Waals surface area contributed by atoms with Gasteiger partial charge in [-0.1, -0.05) is 6.92 Å². The fourth-order valence-electron chi connectivity index (χ4n) is 2.97. The summed E-state index contributed by atoms with van der Waals surface area (Å²) in [5.41, 5.74) is 6.31. The van der Waals surface area contributed by atoms with Gasteiger partial charge < -0.3 is 15.2 Å². The van der Waals surface area contributed by atoms with Crippen LogP contribution in [0, 0.1) is 0 Å². The molecule has 0 aromatic carbocycles. The second-order valence-electron chi connectivity index (χ2n) is 5.25. The Balaban J connectivity index is 2.71. The van der Waals surface area contributed by atoms with E-state index in [0.717, 1.165) is 39.3 Å². The van der Waals surface area contributed by atoms with Crippen LogP contribution in [-0.2, 0) is 9.47 Å². The normalized spacial score (nSPS) is 27.9. The molecule has 4 nitrogen and oxygen atoms in total. The fourth-order valence-corrected chi connectivity index (χ4v) is 4.31. The van der Waals surface area contributed by atoms with Gasteiger partial charge in [0, 0.05) is 51.2 Å². The van der Waals surface area contributed by atoms with E-state index in [2.05, 4.69) is 23.6 Å². The van der Waals surface area contributed by atoms with E-state index in [9.17, 15) is 0 Å². The van der Waals surface area contributed by atoms with Crippen LogP contribution in [0.5, 0.6) is 0 Å². The smallest absolute Gasteiger partial charge is 0.0589 e. The molecule has 0 aromatic heterocycles. The highest BCUT2D eigenvalue weighted by atomic mass is 32.2. The Hall–Kier alpha value is 0.190. The number of methoxy groups -OCH3 is 2. The van der Waals surface area contributed by atoms with Crippen molar-refractivity contribution in [3.63, 3.8) is 0 Å². The molecule has 5 heteroatoms. The van der Waals surface area contributed by atoms with Gasteiger partial charge in [0.25, 0.3) is 0 Å². The van der Waals surface area contributed by atoms with Crippen LogP contribution in [0.1, 0.15) is 26.2 Å². The van der Waals surface area contributed by atoms with Crippen molar-refractivity contribution in [2.45, 2.75) is 37.0 Å². The minimum Gasteiger partial charge on any atom is -0.385 e. The van der Waals surface area contributed by atoms with E-state index in [1.165, 1.54) is 18.6 Å². The molecule has 1 aliphatic heterocycles. The Labute approximate surface area is 122 Å². The second kappa shape index (κ2) is 9.19. The molecule has 2 atom stereocenters. The topological polar surface area (TPSA) is 47.7 Å². The van der Waals surface area contributed by atoms with Crippen molar-refractivity contribution in [3.8, 4) is 0 Å². The number of hydrogen-bond acceptors (Lipinski definition) is 5. The van der Waals surface area contributed by atoms with E-state index in [-0.39, 0.29) is 5.54 Å². The van der Waals surface area contributed by atoms with Crippen molar-refractivity contribution in [2.75, 3.05) is 52.8 Å². The Kier molecular flexibility index (Phi) is 8.34. The summed E-state index contributed by atoms with van der Waals surface area (Å²) in [6.07, 6.45) is 3.52. The highest BCUT2D eigenvalue weighted by Gasteiger charge is 2.42. The van der Waals surface area contributed by atoms with E-state index >= 15 is 0 Å².